The number of nitrogens with two attached hydrogens (primary N) is 1. The SMILES string of the molecule is CCOC(=O)c1cc(CC)sc1NC(=O)C(CN)C(C)C. The van der Waals surface area contributed by atoms with Crippen molar-refractivity contribution in [1.82, 2.24) is 0 Å². The van der Waals surface area contributed by atoms with Crippen LogP contribution in [0.1, 0.15) is 42.9 Å². The lowest BCUT2D eigenvalue weighted by Gasteiger charge is -2.18. The highest BCUT2D eigenvalue weighted by Crippen LogP contribution is 2.30. The molecule has 1 aromatic rings. The van der Waals surface area contributed by atoms with E-state index in [1.165, 1.54) is 11.3 Å². The van der Waals surface area contributed by atoms with E-state index in [-0.39, 0.29) is 24.3 Å². The van der Waals surface area contributed by atoms with Gasteiger partial charge in [0, 0.05) is 11.4 Å². The van der Waals surface area contributed by atoms with Crippen LogP contribution < -0.4 is 11.1 Å². The molecule has 0 aliphatic rings. The lowest BCUT2D eigenvalue weighted by Crippen LogP contribution is -2.33. The minimum atomic E-state index is -0.405. The van der Waals surface area contributed by atoms with Crippen LogP contribution in [0.4, 0.5) is 5.00 Å². The van der Waals surface area contributed by atoms with Crippen molar-refractivity contribution in [3.63, 3.8) is 0 Å². The lowest BCUT2D eigenvalue weighted by atomic mass is 9.95. The Balaban J connectivity index is 2.98. The number of ether oxygens (including phenoxy) is 1. The number of esters is 1. The van der Waals surface area contributed by atoms with Gasteiger partial charge in [-0.2, -0.15) is 0 Å². The van der Waals surface area contributed by atoms with E-state index in [1.54, 1.807) is 13.0 Å². The summed E-state index contributed by atoms with van der Waals surface area (Å²) < 4.78 is 5.03. The maximum Gasteiger partial charge on any atom is 0.341 e. The van der Waals surface area contributed by atoms with E-state index in [4.69, 9.17) is 10.5 Å². The van der Waals surface area contributed by atoms with Gasteiger partial charge in [-0.15, -0.1) is 11.3 Å². The summed E-state index contributed by atoms with van der Waals surface area (Å²) in [6, 6.07) is 1.78. The Labute approximate surface area is 129 Å². The predicted molar refractivity (Wildman–Crippen MR) is 85.7 cm³/mol. The zero-order chi connectivity index (χ0) is 16.0. The van der Waals surface area contributed by atoms with E-state index < -0.39 is 5.97 Å². The van der Waals surface area contributed by atoms with Gasteiger partial charge in [0.25, 0.3) is 0 Å². The number of anilines is 1. The molecule has 1 rings (SSSR count). The molecule has 0 saturated carbocycles. The third kappa shape index (κ3) is 4.54. The van der Waals surface area contributed by atoms with Crippen molar-refractivity contribution in [2.24, 2.45) is 17.6 Å². The topological polar surface area (TPSA) is 81.4 Å². The predicted octanol–water partition coefficient (Wildman–Crippen LogP) is 2.66. The molecule has 21 heavy (non-hydrogen) atoms. The molecular weight excluding hydrogens is 288 g/mol. The molecule has 0 saturated heterocycles. The summed E-state index contributed by atoms with van der Waals surface area (Å²) in [5.74, 6) is -0.681. The first kappa shape index (κ1) is 17.7. The maximum absolute atomic E-state index is 12.3. The largest absolute Gasteiger partial charge is 0.462 e. The number of amides is 1. The number of carbonyl (C=O) groups is 2. The van der Waals surface area contributed by atoms with Gasteiger partial charge in [0.15, 0.2) is 0 Å². The highest BCUT2D eigenvalue weighted by atomic mass is 32.1. The zero-order valence-corrected chi connectivity index (χ0v) is 13.9. The molecule has 0 bridgehead atoms. The molecule has 1 aromatic heterocycles. The number of hydrogen-bond acceptors (Lipinski definition) is 5. The average molecular weight is 312 g/mol. The van der Waals surface area contributed by atoms with Crippen LogP contribution in [0, 0.1) is 11.8 Å². The van der Waals surface area contributed by atoms with Gasteiger partial charge in [-0.3, -0.25) is 4.79 Å². The van der Waals surface area contributed by atoms with E-state index in [2.05, 4.69) is 5.32 Å². The van der Waals surface area contributed by atoms with E-state index in [9.17, 15) is 9.59 Å². The lowest BCUT2D eigenvalue weighted by molar-refractivity contribution is -0.120. The Morgan fingerprint density at radius 1 is 1.38 bits per heavy atom. The minimum absolute atomic E-state index is 0.145. The first-order valence-corrected chi connectivity index (χ1v) is 8.06. The third-order valence-electron chi connectivity index (χ3n) is 3.26. The smallest absolute Gasteiger partial charge is 0.341 e. The van der Waals surface area contributed by atoms with Crippen molar-refractivity contribution in [3.8, 4) is 0 Å². The summed E-state index contributed by atoms with van der Waals surface area (Å²) in [7, 11) is 0. The molecule has 6 heteroatoms. The van der Waals surface area contributed by atoms with Crippen molar-refractivity contribution < 1.29 is 14.3 Å². The fraction of sp³-hybridized carbons (Fsp3) is 0.600. The molecular formula is C15H24N2O3S. The second-order valence-electron chi connectivity index (χ2n) is 5.10. The number of carbonyl (C=O) groups excluding carboxylic acids is 2. The Kier molecular flexibility index (Phi) is 6.84. The fourth-order valence-corrected chi connectivity index (χ4v) is 2.94. The highest BCUT2D eigenvalue weighted by Gasteiger charge is 2.24. The molecule has 0 radical (unpaired) electrons. The first-order chi connectivity index (χ1) is 9.94. The van der Waals surface area contributed by atoms with Crippen LogP contribution >= 0.6 is 11.3 Å². The van der Waals surface area contributed by atoms with Crippen LogP contribution in [0.15, 0.2) is 6.07 Å². The summed E-state index contributed by atoms with van der Waals surface area (Å²) in [4.78, 5) is 25.3. The molecule has 118 valence electrons. The molecule has 0 aliphatic carbocycles. The van der Waals surface area contributed by atoms with Crippen LogP contribution in [-0.2, 0) is 16.0 Å². The Morgan fingerprint density at radius 2 is 2.05 bits per heavy atom. The monoisotopic (exact) mass is 312 g/mol. The molecule has 5 nitrogen and oxygen atoms in total. The Bertz CT molecular complexity index is 497. The van der Waals surface area contributed by atoms with Crippen LogP contribution in [0.25, 0.3) is 0 Å². The highest BCUT2D eigenvalue weighted by molar-refractivity contribution is 7.16. The van der Waals surface area contributed by atoms with Gasteiger partial charge in [-0.25, -0.2) is 4.79 Å². The van der Waals surface area contributed by atoms with Crippen molar-refractivity contribution in [1.29, 1.82) is 0 Å². The minimum Gasteiger partial charge on any atom is -0.462 e. The van der Waals surface area contributed by atoms with E-state index in [1.807, 2.05) is 20.8 Å². The Hall–Kier alpha value is -1.40. The second-order valence-corrected chi connectivity index (χ2v) is 6.24. The molecule has 1 atom stereocenters. The summed E-state index contributed by atoms with van der Waals surface area (Å²) in [5.41, 5.74) is 6.08. The van der Waals surface area contributed by atoms with E-state index >= 15 is 0 Å². The van der Waals surface area contributed by atoms with Gasteiger partial charge in [0.2, 0.25) is 5.91 Å². The van der Waals surface area contributed by atoms with Crippen LogP contribution in [0.2, 0.25) is 0 Å². The van der Waals surface area contributed by atoms with Gasteiger partial charge < -0.3 is 15.8 Å². The van der Waals surface area contributed by atoms with Crippen LogP contribution in [0.3, 0.4) is 0 Å². The molecule has 0 aromatic carbocycles. The average Bonchev–Trinajstić information content (AvgIpc) is 2.82. The summed E-state index contributed by atoms with van der Waals surface area (Å²) >= 11 is 1.41. The van der Waals surface area contributed by atoms with E-state index in [0.29, 0.717) is 17.2 Å². The van der Waals surface area contributed by atoms with Gasteiger partial charge in [-0.05, 0) is 25.3 Å². The first-order valence-electron chi connectivity index (χ1n) is 7.25. The van der Waals surface area contributed by atoms with Crippen molar-refractivity contribution >= 4 is 28.2 Å². The number of hydrogen-bond donors (Lipinski definition) is 2. The molecule has 0 spiro atoms. The number of thiophene rings is 1. The van der Waals surface area contributed by atoms with Gasteiger partial charge in [0.1, 0.15) is 5.00 Å². The van der Waals surface area contributed by atoms with Gasteiger partial charge in [-0.1, -0.05) is 20.8 Å². The van der Waals surface area contributed by atoms with Crippen LogP contribution in [-0.4, -0.2) is 25.0 Å². The summed E-state index contributed by atoms with van der Waals surface area (Å²) in [6.45, 7) is 8.26. The number of nitrogens with one attached hydrogen (secondary N) is 1. The van der Waals surface area contributed by atoms with Gasteiger partial charge >= 0.3 is 5.97 Å². The molecule has 1 heterocycles. The van der Waals surface area contributed by atoms with Gasteiger partial charge in [0.05, 0.1) is 18.1 Å². The number of rotatable bonds is 7. The molecule has 1 unspecified atom stereocenters. The van der Waals surface area contributed by atoms with Crippen molar-refractivity contribution in [2.45, 2.75) is 34.1 Å². The van der Waals surface area contributed by atoms with Crippen molar-refractivity contribution in [3.05, 3.63) is 16.5 Å². The normalized spacial score (nSPS) is 12.3. The Morgan fingerprint density at radius 3 is 2.52 bits per heavy atom. The summed E-state index contributed by atoms with van der Waals surface area (Å²) in [5, 5.41) is 3.39. The molecule has 0 aliphatic heterocycles. The summed E-state index contributed by atoms with van der Waals surface area (Å²) in [6.07, 6.45) is 0.803. The standard InChI is InChI=1S/C15H24N2O3S/c1-5-10-7-11(15(19)20-6-2)14(21-10)17-13(18)12(8-16)9(3)4/h7,9,12H,5-6,8,16H2,1-4H3,(H,17,18). The second kappa shape index (κ2) is 8.14. The molecule has 3 N–H and O–H groups in total. The molecule has 0 fully saturated rings. The fourth-order valence-electron chi connectivity index (χ4n) is 1.96. The molecule has 1 amide bonds. The quantitative estimate of drug-likeness (QED) is 0.758. The van der Waals surface area contributed by atoms with Crippen LogP contribution in [0.5, 0.6) is 0 Å². The zero-order valence-electron chi connectivity index (χ0n) is 13.1. The maximum atomic E-state index is 12.3. The van der Waals surface area contributed by atoms with Crippen molar-refractivity contribution in [2.75, 3.05) is 18.5 Å². The number of aryl methyl sites for hydroxylation is 1. The van der Waals surface area contributed by atoms with E-state index in [0.717, 1.165) is 11.3 Å². The third-order valence-corrected chi connectivity index (χ3v) is 4.45.